The van der Waals surface area contributed by atoms with Crippen molar-refractivity contribution in [2.75, 3.05) is 11.9 Å². The van der Waals surface area contributed by atoms with Gasteiger partial charge in [0, 0.05) is 29.8 Å². The number of nitrogens with zero attached hydrogens (tertiary/aromatic N) is 3. The van der Waals surface area contributed by atoms with Crippen molar-refractivity contribution in [1.29, 1.82) is 0 Å². The lowest BCUT2D eigenvalue weighted by Crippen LogP contribution is -2.33. The second-order valence-corrected chi connectivity index (χ2v) is 5.78. The molecular weight excluding hydrogens is 349 g/mol. The molecule has 1 atom stereocenters. The minimum Gasteiger partial charge on any atom is -0.394 e. The fraction of sp³-hybridized carbons (Fsp3) is 0.250. The summed E-state index contributed by atoms with van der Waals surface area (Å²) in [5, 5.41) is 13.1. The van der Waals surface area contributed by atoms with Crippen molar-refractivity contribution >= 4 is 34.2 Å². The number of Topliss-reactive ketones (excluding diaryl/α,β-unsaturated/α-hetero) is 1. The van der Waals surface area contributed by atoms with Crippen molar-refractivity contribution in [3.8, 4) is 11.4 Å². The van der Waals surface area contributed by atoms with Crippen molar-refractivity contribution in [3.63, 3.8) is 0 Å². The van der Waals surface area contributed by atoms with Crippen LogP contribution in [0.2, 0.25) is 5.02 Å². The fourth-order valence-corrected chi connectivity index (χ4v) is 2.56. The van der Waals surface area contributed by atoms with Gasteiger partial charge in [-0.2, -0.15) is 0 Å². The summed E-state index contributed by atoms with van der Waals surface area (Å²) in [5.41, 5.74) is 1.19. The van der Waals surface area contributed by atoms with E-state index < -0.39 is 18.5 Å². The van der Waals surface area contributed by atoms with Crippen LogP contribution < -0.4 is 5.32 Å². The Morgan fingerprint density at radius 1 is 1.44 bits per heavy atom. The number of carbonyl (C=O) groups excluding carboxylic acids is 1. The van der Waals surface area contributed by atoms with E-state index in [4.69, 9.17) is 11.6 Å². The van der Waals surface area contributed by atoms with E-state index in [0.717, 1.165) is 6.20 Å². The summed E-state index contributed by atoms with van der Waals surface area (Å²) < 4.78 is 14.0. The Labute approximate surface area is 147 Å². The van der Waals surface area contributed by atoms with Crippen LogP contribution in [0.15, 0.2) is 24.7 Å². The Morgan fingerprint density at radius 2 is 2.24 bits per heavy atom. The summed E-state index contributed by atoms with van der Waals surface area (Å²) in [4.78, 5) is 27.0. The Balaban J connectivity index is 2.01. The van der Waals surface area contributed by atoms with Gasteiger partial charge in [-0.3, -0.25) is 4.79 Å². The molecule has 3 heterocycles. The third-order valence-corrected chi connectivity index (χ3v) is 3.92. The predicted molar refractivity (Wildman–Crippen MR) is 91.9 cm³/mol. The highest BCUT2D eigenvalue weighted by Gasteiger charge is 2.19. The molecule has 3 N–H and O–H groups in total. The zero-order valence-corrected chi connectivity index (χ0v) is 14.0. The van der Waals surface area contributed by atoms with Gasteiger partial charge in [0.2, 0.25) is 0 Å². The molecule has 0 aliphatic rings. The van der Waals surface area contributed by atoms with Crippen LogP contribution in [0, 0.1) is 5.82 Å². The summed E-state index contributed by atoms with van der Waals surface area (Å²) in [6.45, 7) is 1.20. The molecule has 0 radical (unpaired) electrons. The zero-order valence-electron chi connectivity index (χ0n) is 13.3. The molecule has 0 aromatic carbocycles. The van der Waals surface area contributed by atoms with E-state index in [2.05, 4.69) is 25.3 Å². The molecule has 0 aliphatic carbocycles. The number of aliphatic hydroxyl groups is 1. The first kappa shape index (κ1) is 17.2. The Morgan fingerprint density at radius 3 is 2.96 bits per heavy atom. The highest BCUT2D eigenvalue weighted by molar-refractivity contribution is 6.31. The van der Waals surface area contributed by atoms with Crippen LogP contribution in [0.1, 0.15) is 13.3 Å². The van der Waals surface area contributed by atoms with Gasteiger partial charge in [-0.15, -0.1) is 0 Å². The number of aromatic amines is 1. The van der Waals surface area contributed by atoms with Crippen LogP contribution in [-0.4, -0.2) is 43.5 Å². The monoisotopic (exact) mass is 363 g/mol. The van der Waals surface area contributed by atoms with Gasteiger partial charge in [0.05, 0.1) is 17.8 Å². The molecule has 3 aromatic rings. The molecule has 25 heavy (non-hydrogen) atoms. The van der Waals surface area contributed by atoms with E-state index >= 15 is 0 Å². The number of H-pyrrole nitrogens is 1. The molecule has 130 valence electrons. The van der Waals surface area contributed by atoms with Crippen molar-refractivity contribution in [3.05, 3.63) is 35.5 Å². The van der Waals surface area contributed by atoms with E-state index in [1.807, 2.05) is 0 Å². The maximum atomic E-state index is 14.0. The number of ketones is 1. The topological polar surface area (TPSA) is 104 Å². The SMILES string of the molecule is CCC(=O)[C@H](CO)Nc1nc(-c2c[nH]c3ncc(Cl)cc23)ncc1F. The van der Waals surface area contributed by atoms with Crippen LogP contribution in [0.25, 0.3) is 22.4 Å². The highest BCUT2D eigenvalue weighted by atomic mass is 35.5. The van der Waals surface area contributed by atoms with Crippen LogP contribution >= 0.6 is 11.6 Å². The molecule has 0 amide bonds. The first-order valence-corrected chi connectivity index (χ1v) is 7.97. The average Bonchev–Trinajstić information content (AvgIpc) is 3.03. The second-order valence-electron chi connectivity index (χ2n) is 5.34. The summed E-state index contributed by atoms with van der Waals surface area (Å²) in [7, 11) is 0. The number of pyridine rings is 1. The van der Waals surface area contributed by atoms with Gasteiger partial charge < -0.3 is 15.4 Å². The largest absolute Gasteiger partial charge is 0.394 e. The quantitative estimate of drug-likeness (QED) is 0.621. The number of carbonyl (C=O) groups is 1. The molecule has 3 aromatic heterocycles. The molecule has 0 fully saturated rings. The van der Waals surface area contributed by atoms with Crippen LogP contribution in [0.5, 0.6) is 0 Å². The lowest BCUT2D eigenvalue weighted by Gasteiger charge is -2.15. The zero-order chi connectivity index (χ0) is 18.0. The molecule has 0 unspecified atom stereocenters. The van der Waals surface area contributed by atoms with Gasteiger partial charge in [0.1, 0.15) is 11.7 Å². The Bertz CT molecular complexity index is 930. The minimum atomic E-state index is -0.929. The Hall–Kier alpha value is -2.58. The van der Waals surface area contributed by atoms with Gasteiger partial charge in [0.15, 0.2) is 23.2 Å². The molecule has 9 heteroatoms. The molecule has 0 saturated carbocycles. The van der Waals surface area contributed by atoms with Gasteiger partial charge >= 0.3 is 0 Å². The summed E-state index contributed by atoms with van der Waals surface area (Å²) in [6.07, 6.45) is 4.37. The first-order chi connectivity index (χ1) is 12.0. The number of hydrogen-bond donors (Lipinski definition) is 3. The number of aromatic nitrogens is 4. The molecule has 0 aliphatic heterocycles. The fourth-order valence-electron chi connectivity index (χ4n) is 2.40. The molecule has 0 saturated heterocycles. The maximum absolute atomic E-state index is 14.0. The number of nitrogens with one attached hydrogen (secondary N) is 2. The number of fused-ring (bicyclic) bond motifs is 1. The van der Waals surface area contributed by atoms with Crippen LogP contribution in [-0.2, 0) is 4.79 Å². The van der Waals surface area contributed by atoms with Gasteiger partial charge in [-0.05, 0) is 6.07 Å². The summed E-state index contributed by atoms with van der Waals surface area (Å²) in [5.74, 6) is -0.887. The van der Waals surface area contributed by atoms with Crippen molar-refractivity contribution in [2.45, 2.75) is 19.4 Å². The number of rotatable bonds is 6. The third-order valence-electron chi connectivity index (χ3n) is 3.71. The van der Waals surface area contributed by atoms with Gasteiger partial charge in [-0.25, -0.2) is 19.3 Å². The molecule has 0 spiro atoms. The van der Waals surface area contributed by atoms with Gasteiger partial charge in [0.25, 0.3) is 0 Å². The second kappa shape index (κ2) is 7.12. The Kier molecular flexibility index (Phi) is 4.91. The summed E-state index contributed by atoms with van der Waals surface area (Å²) in [6, 6.07) is 0.772. The maximum Gasteiger partial charge on any atom is 0.183 e. The minimum absolute atomic E-state index is 0.157. The third kappa shape index (κ3) is 3.45. The summed E-state index contributed by atoms with van der Waals surface area (Å²) >= 11 is 5.98. The van der Waals surface area contributed by atoms with E-state index in [1.54, 1.807) is 19.2 Å². The number of halogens is 2. The van der Waals surface area contributed by atoms with Crippen LogP contribution in [0.4, 0.5) is 10.2 Å². The lowest BCUT2D eigenvalue weighted by atomic mass is 10.1. The normalized spacial score (nSPS) is 12.3. The number of hydrogen-bond acceptors (Lipinski definition) is 6. The number of anilines is 1. The first-order valence-electron chi connectivity index (χ1n) is 7.59. The van der Waals surface area contributed by atoms with Crippen molar-refractivity contribution in [2.24, 2.45) is 0 Å². The van der Waals surface area contributed by atoms with Crippen molar-refractivity contribution in [1.82, 2.24) is 19.9 Å². The number of aliphatic hydroxyl groups excluding tert-OH is 1. The molecular formula is C16H15ClFN5O2. The standard InChI is InChI=1S/C16H15ClFN5O2/c1-2-13(25)12(7-24)22-16-11(18)6-21-15(23-16)10-5-20-14-9(10)3-8(17)4-19-14/h3-6,12,24H,2,7H2,1H3,(H,19,20)(H,21,22,23)/t12-/m0/s1. The molecule has 0 bridgehead atoms. The predicted octanol–water partition coefficient (Wildman–Crippen LogP) is 2.56. The highest BCUT2D eigenvalue weighted by Crippen LogP contribution is 2.28. The van der Waals surface area contributed by atoms with Gasteiger partial charge in [-0.1, -0.05) is 18.5 Å². The van der Waals surface area contributed by atoms with Crippen LogP contribution in [0.3, 0.4) is 0 Å². The van der Waals surface area contributed by atoms with E-state index in [-0.39, 0.29) is 23.8 Å². The van der Waals surface area contributed by atoms with Crippen molar-refractivity contribution < 1.29 is 14.3 Å². The van der Waals surface area contributed by atoms with E-state index in [9.17, 15) is 14.3 Å². The smallest absolute Gasteiger partial charge is 0.183 e. The average molecular weight is 364 g/mol. The van der Waals surface area contributed by atoms with E-state index in [1.165, 1.54) is 6.20 Å². The molecule has 7 nitrogen and oxygen atoms in total. The molecule has 3 rings (SSSR count). The van der Waals surface area contributed by atoms with E-state index in [0.29, 0.717) is 21.6 Å². The lowest BCUT2D eigenvalue weighted by molar-refractivity contribution is -0.120.